The second kappa shape index (κ2) is 8.04. The van der Waals surface area contributed by atoms with Crippen LogP contribution in [0.1, 0.15) is 24.2 Å². The molecule has 1 unspecified atom stereocenters. The molecule has 0 spiro atoms. The van der Waals surface area contributed by atoms with Gasteiger partial charge in [-0.1, -0.05) is 0 Å². The Hall–Kier alpha value is -2.48. The van der Waals surface area contributed by atoms with Gasteiger partial charge in [0.2, 0.25) is 11.9 Å². The SMILES string of the molecule is Cc1cc(C)nc(N2CCCC(Nc3ccnc(N4CCOCC4)n3)C2)n1. The molecule has 0 amide bonds. The van der Waals surface area contributed by atoms with Crippen LogP contribution in [0.5, 0.6) is 0 Å². The van der Waals surface area contributed by atoms with E-state index in [4.69, 9.17) is 9.72 Å². The molecule has 2 fully saturated rings. The fraction of sp³-hybridized carbons (Fsp3) is 0.579. The van der Waals surface area contributed by atoms with Crippen LogP contribution in [-0.4, -0.2) is 65.4 Å². The number of nitrogens with zero attached hydrogens (tertiary/aromatic N) is 6. The van der Waals surface area contributed by atoms with Crippen molar-refractivity contribution in [1.82, 2.24) is 19.9 Å². The zero-order valence-electron chi connectivity index (χ0n) is 16.1. The number of ether oxygens (including phenoxy) is 1. The Bertz CT molecular complexity index is 758. The number of aromatic nitrogens is 4. The molecule has 2 aliphatic rings. The van der Waals surface area contributed by atoms with Crippen LogP contribution < -0.4 is 15.1 Å². The molecule has 144 valence electrons. The predicted molar refractivity (Wildman–Crippen MR) is 105 cm³/mol. The van der Waals surface area contributed by atoms with Gasteiger partial charge in [0.1, 0.15) is 5.82 Å². The highest BCUT2D eigenvalue weighted by Crippen LogP contribution is 2.20. The Balaban J connectivity index is 1.43. The Kier molecular flexibility index (Phi) is 5.33. The van der Waals surface area contributed by atoms with E-state index in [9.17, 15) is 0 Å². The number of morpholine rings is 1. The number of nitrogens with one attached hydrogen (secondary N) is 1. The van der Waals surface area contributed by atoms with Gasteiger partial charge < -0.3 is 19.9 Å². The maximum Gasteiger partial charge on any atom is 0.227 e. The first-order chi connectivity index (χ1) is 13.2. The highest BCUT2D eigenvalue weighted by atomic mass is 16.5. The molecular formula is C19H27N7O. The van der Waals surface area contributed by atoms with E-state index in [-0.39, 0.29) is 0 Å². The van der Waals surface area contributed by atoms with E-state index < -0.39 is 0 Å². The molecule has 0 bridgehead atoms. The minimum Gasteiger partial charge on any atom is -0.378 e. The molecule has 1 atom stereocenters. The van der Waals surface area contributed by atoms with Crippen LogP contribution in [0.3, 0.4) is 0 Å². The van der Waals surface area contributed by atoms with Crippen molar-refractivity contribution < 1.29 is 4.74 Å². The van der Waals surface area contributed by atoms with Crippen molar-refractivity contribution in [3.8, 4) is 0 Å². The predicted octanol–water partition coefficient (Wildman–Crippen LogP) is 1.80. The maximum atomic E-state index is 5.41. The van der Waals surface area contributed by atoms with Gasteiger partial charge >= 0.3 is 0 Å². The van der Waals surface area contributed by atoms with Gasteiger partial charge in [-0.25, -0.2) is 15.0 Å². The molecule has 2 saturated heterocycles. The zero-order valence-corrected chi connectivity index (χ0v) is 16.1. The first-order valence-corrected chi connectivity index (χ1v) is 9.67. The van der Waals surface area contributed by atoms with Crippen LogP contribution in [0.2, 0.25) is 0 Å². The molecule has 2 aromatic rings. The Morgan fingerprint density at radius 1 is 1.00 bits per heavy atom. The lowest BCUT2D eigenvalue weighted by Crippen LogP contribution is -2.43. The Morgan fingerprint density at radius 2 is 1.78 bits per heavy atom. The number of hydrogen-bond acceptors (Lipinski definition) is 8. The van der Waals surface area contributed by atoms with Gasteiger partial charge in [0.25, 0.3) is 0 Å². The summed E-state index contributed by atoms with van der Waals surface area (Å²) in [5, 5.41) is 3.58. The standard InChI is InChI=1S/C19H27N7O/c1-14-12-15(2)22-19(21-14)26-7-3-4-16(13-26)23-17-5-6-20-18(24-17)25-8-10-27-11-9-25/h5-6,12,16H,3-4,7-11,13H2,1-2H3,(H,20,23,24). The van der Waals surface area contributed by atoms with Gasteiger partial charge in [0.05, 0.1) is 13.2 Å². The van der Waals surface area contributed by atoms with Gasteiger partial charge in [-0.2, -0.15) is 4.98 Å². The van der Waals surface area contributed by atoms with Gasteiger partial charge in [0.15, 0.2) is 0 Å². The van der Waals surface area contributed by atoms with Gasteiger partial charge in [-0.05, 0) is 38.8 Å². The summed E-state index contributed by atoms with van der Waals surface area (Å²) in [6, 6.07) is 4.27. The second-order valence-corrected chi connectivity index (χ2v) is 7.22. The fourth-order valence-corrected chi connectivity index (χ4v) is 3.68. The van der Waals surface area contributed by atoms with E-state index in [1.165, 1.54) is 0 Å². The van der Waals surface area contributed by atoms with Crippen LogP contribution in [0.25, 0.3) is 0 Å². The van der Waals surface area contributed by atoms with Crippen LogP contribution in [0.4, 0.5) is 17.7 Å². The first-order valence-electron chi connectivity index (χ1n) is 9.67. The molecule has 8 heteroatoms. The zero-order chi connectivity index (χ0) is 18.6. The molecule has 0 aromatic carbocycles. The maximum absolute atomic E-state index is 5.41. The highest BCUT2D eigenvalue weighted by Gasteiger charge is 2.23. The number of rotatable bonds is 4. The lowest BCUT2D eigenvalue weighted by Gasteiger charge is -2.34. The average Bonchev–Trinajstić information content (AvgIpc) is 2.68. The van der Waals surface area contributed by atoms with Crippen molar-refractivity contribution in [1.29, 1.82) is 0 Å². The summed E-state index contributed by atoms with van der Waals surface area (Å²) in [6.07, 6.45) is 4.04. The summed E-state index contributed by atoms with van der Waals surface area (Å²) in [5.74, 6) is 2.48. The topological polar surface area (TPSA) is 79.3 Å². The summed E-state index contributed by atoms with van der Waals surface area (Å²) in [6.45, 7) is 9.04. The molecular weight excluding hydrogens is 342 g/mol. The van der Waals surface area contributed by atoms with E-state index in [0.29, 0.717) is 6.04 Å². The van der Waals surface area contributed by atoms with Crippen LogP contribution in [-0.2, 0) is 4.74 Å². The number of anilines is 3. The van der Waals surface area contributed by atoms with Crippen LogP contribution in [0, 0.1) is 13.8 Å². The highest BCUT2D eigenvalue weighted by molar-refractivity contribution is 5.43. The third kappa shape index (κ3) is 4.44. The smallest absolute Gasteiger partial charge is 0.227 e. The number of piperidine rings is 1. The number of aryl methyl sites for hydroxylation is 2. The molecule has 4 rings (SSSR count). The van der Waals surface area contributed by atoms with E-state index in [1.54, 1.807) is 0 Å². The number of hydrogen-bond donors (Lipinski definition) is 1. The van der Waals surface area contributed by atoms with Crippen molar-refractivity contribution in [2.75, 3.05) is 54.5 Å². The first kappa shape index (κ1) is 17.9. The summed E-state index contributed by atoms with van der Waals surface area (Å²) >= 11 is 0. The van der Waals surface area contributed by atoms with Gasteiger partial charge in [0, 0.05) is 49.8 Å². The lowest BCUT2D eigenvalue weighted by atomic mass is 10.1. The van der Waals surface area contributed by atoms with Crippen molar-refractivity contribution in [2.45, 2.75) is 32.7 Å². The van der Waals surface area contributed by atoms with E-state index in [0.717, 1.165) is 81.3 Å². The summed E-state index contributed by atoms with van der Waals surface area (Å²) in [5.41, 5.74) is 2.03. The average molecular weight is 369 g/mol. The molecule has 2 aromatic heterocycles. The lowest BCUT2D eigenvalue weighted by molar-refractivity contribution is 0.122. The minimum absolute atomic E-state index is 0.315. The normalized spacial score (nSPS) is 20.6. The van der Waals surface area contributed by atoms with E-state index in [2.05, 4.69) is 30.1 Å². The van der Waals surface area contributed by atoms with Crippen LogP contribution in [0.15, 0.2) is 18.3 Å². The van der Waals surface area contributed by atoms with E-state index >= 15 is 0 Å². The van der Waals surface area contributed by atoms with E-state index in [1.807, 2.05) is 32.2 Å². The quantitative estimate of drug-likeness (QED) is 0.874. The molecule has 4 heterocycles. The molecule has 0 aliphatic carbocycles. The second-order valence-electron chi connectivity index (χ2n) is 7.22. The van der Waals surface area contributed by atoms with Gasteiger partial charge in [-0.15, -0.1) is 0 Å². The molecule has 27 heavy (non-hydrogen) atoms. The van der Waals surface area contributed by atoms with Crippen molar-refractivity contribution in [3.63, 3.8) is 0 Å². The fourth-order valence-electron chi connectivity index (χ4n) is 3.68. The Labute approximate surface area is 160 Å². The molecule has 1 N–H and O–H groups in total. The molecule has 8 nitrogen and oxygen atoms in total. The van der Waals surface area contributed by atoms with Crippen molar-refractivity contribution in [3.05, 3.63) is 29.7 Å². The molecule has 2 aliphatic heterocycles. The minimum atomic E-state index is 0.315. The van der Waals surface area contributed by atoms with Gasteiger partial charge in [-0.3, -0.25) is 0 Å². The third-order valence-electron chi connectivity index (χ3n) is 4.96. The largest absolute Gasteiger partial charge is 0.378 e. The van der Waals surface area contributed by atoms with Crippen molar-refractivity contribution >= 4 is 17.7 Å². The Morgan fingerprint density at radius 3 is 2.56 bits per heavy atom. The van der Waals surface area contributed by atoms with Crippen molar-refractivity contribution in [2.24, 2.45) is 0 Å². The molecule has 0 saturated carbocycles. The summed E-state index contributed by atoms with van der Waals surface area (Å²) in [4.78, 5) is 22.8. The van der Waals surface area contributed by atoms with Crippen LogP contribution >= 0.6 is 0 Å². The monoisotopic (exact) mass is 369 g/mol. The summed E-state index contributed by atoms with van der Waals surface area (Å²) in [7, 11) is 0. The summed E-state index contributed by atoms with van der Waals surface area (Å²) < 4.78 is 5.41. The third-order valence-corrected chi connectivity index (χ3v) is 4.96. The molecule has 0 radical (unpaired) electrons.